The fourth-order valence-corrected chi connectivity index (χ4v) is 1.97. The summed E-state index contributed by atoms with van der Waals surface area (Å²) in [6, 6.07) is 0. The molecule has 0 aromatic rings. The van der Waals surface area contributed by atoms with Crippen molar-refractivity contribution in [2.45, 2.75) is 32.6 Å². The highest BCUT2D eigenvalue weighted by Gasteiger charge is 2.29. The summed E-state index contributed by atoms with van der Waals surface area (Å²) in [5, 5.41) is 5.62. The van der Waals surface area contributed by atoms with Crippen molar-refractivity contribution < 1.29 is 14.3 Å². The van der Waals surface area contributed by atoms with Gasteiger partial charge in [0.15, 0.2) is 0 Å². The van der Waals surface area contributed by atoms with Gasteiger partial charge in [-0.15, -0.1) is 0 Å². The van der Waals surface area contributed by atoms with Crippen LogP contribution in [-0.4, -0.2) is 31.5 Å². The molecule has 100 valence electrons. The maximum Gasteiger partial charge on any atom is 0.250 e. The molecule has 2 amide bonds. The Bertz CT molecular complexity index is 372. The highest BCUT2D eigenvalue weighted by Crippen LogP contribution is 2.28. The Morgan fingerprint density at radius 2 is 2.00 bits per heavy atom. The van der Waals surface area contributed by atoms with Crippen molar-refractivity contribution in [2.24, 2.45) is 5.92 Å². The van der Waals surface area contributed by atoms with Crippen molar-refractivity contribution in [3.05, 3.63) is 11.3 Å². The first kappa shape index (κ1) is 12.9. The fourth-order valence-electron chi connectivity index (χ4n) is 1.97. The van der Waals surface area contributed by atoms with Gasteiger partial charge in [-0.25, -0.2) is 0 Å². The van der Waals surface area contributed by atoms with Crippen LogP contribution in [0.1, 0.15) is 32.6 Å². The number of ether oxygens (including phenoxy) is 1. The predicted octanol–water partition coefficient (Wildman–Crippen LogP) is 0.713. The number of allylic oxidation sites excluding steroid dienone is 1. The largest absolute Gasteiger partial charge is 0.498 e. The molecule has 2 rings (SSSR count). The molecular weight excluding hydrogens is 232 g/mol. The predicted molar refractivity (Wildman–Crippen MR) is 66.6 cm³/mol. The number of carbonyl (C=O) groups is 2. The van der Waals surface area contributed by atoms with Gasteiger partial charge in [-0.1, -0.05) is 0 Å². The van der Waals surface area contributed by atoms with Crippen LogP contribution in [0.5, 0.6) is 0 Å². The van der Waals surface area contributed by atoms with E-state index in [4.69, 9.17) is 4.74 Å². The molecule has 1 fully saturated rings. The third kappa shape index (κ3) is 3.48. The van der Waals surface area contributed by atoms with Crippen LogP contribution in [0.25, 0.3) is 0 Å². The molecule has 0 aromatic carbocycles. The minimum Gasteiger partial charge on any atom is -0.498 e. The molecule has 0 atom stereocenters. The van der Waals surface area contributed by atoms with Crippen molar-refractivity contribution in [1.29, 1.82) is 0 Å². The smallest absolute Gasteiger partial charge is 0.250 e. The van der Waals surface area contributed by atoms with Gasteiger partial charge in [0.25, 0.3) is 5.91 Å². The summed E-state index contributed by atoms with van der Waals surface area (Å²) < 4.78 is 5.34. The van der Waals surface area contributed by atoms with Crippen molar-refractivity contribution in [2.75, 3.05) is 19.7 Å². The number of carbonyl (C=O) groups excluding carboxylic acids is 2. The Balaban J connectivity index is 1.66. The Kier molecular flexibility index (Phi) is 4.23. The molecule has 0 aromatic heterocycles. The van der Waals surface area contributed by atoms with Crippen LogP contribution in [0.15, 0.2) is 11.3 Å². The summed E-state index contributed by atoms with van der Waals surface area (Å²) in [6.45, 7) is 3.48. The second-order valence-electron chi connectivity index (χ2n) is 4.81. The van der Waals surface area contributed by atoms with Gasteiger partial charge in [0.05, 0.1) is 12.2 Å². The van der Waals surface area contributed by atoms with Crippen LogP contribution in [0.3, 0.4) is 0 Å². The number of amides is 2. The van der Waals surface area contributed by atoms with Crippen molar-refractivity contribution in [3.63, 3.8) is 0 Å². The lowest BCUT2D eigenvalue weighted by Crippen LogP contribution is -2.36. The molecule has 2 aliphatic rings. The first-order valence-corrected chi connectivity index (χ1v) is 6.57. The van der Waals surface area contributed by atoms with Crippen LogP contribution >= 0.6 is 0 Å². The molecule has 5 nitrogen and oxygen atoms in total. The topological polar surface area (TPSA) is 67.4 Å². The minimum atomic E-state index is -0.0760. The quantitative estimate of drug-likeness (QED) is 0.708. The SMILES string of the molecule is CC1=C(C(=O)NCCNC(=O)C2CC2)CCCO1. The normalized spacial score (nSPS) is 19.2. The van der Waals surface area contributed by atoms with Crippen LogP contribution in [0, 0.1) is 5.92 Å². The summed E-state index contributed by atoms with van der Waals surface area (Å²) in [7, 11) is 0. The Labute approximate surface area is 107 Å². The van der Waals surface area contributed by atoms with Crippen LogP contribution in [-0.2, 0) is 14.3 Å². The maximum atomic E-state index is 11.8. The molecule has 0 radical (unpaired) electrons. The summed E-state index contributed by atoms with van der Waals surface area (Å²) in [5.74, 6) is 0.978. The van der Waals surface area contributed by atoms with E-state index in [0.717, 1.165) is 37.0 Å². The molecule has 0 bridgehead atoms. The molecule has 0 unspecified atom stereocenters. The van der Waals surface area contributed by atoms with Gasteiger partial charge in [-0.2, -0.15) is 0 Å². The van der Waals surface area contributed by atoms with E-state index in [2.05, 4.69) is 10.6 Å². The molecular formula is C13H20N2O3. The van der Waals surface area contributed by atoms with Crippen LogP contribution < -0.4 is 10.6 Å². The molecule has 5 heteroatoms. The van der Waals surface area contributed by atoms with E-state index in [-0.39, 0.29) is 17.7 Å². The summed E-state index contributed by atoms with van der Waals surface area (Å²) in [4.78, 5) is 23.2. The van der Waals surface area contributed by atoms with Crippen molar-refractivity contribution >= 4 is 11.8 Å². The molecule has 1 aliphatic carbocycles. The zero-order valence-corrected chi connectivity index (χ0v) is 10.8. The zero-order valence-electron chi connectivity index (χ0n) is 10.8. The van der Waals surface area contributed by atoms with E-state index in [1.165, 1.54) is 0 Å². The average Bonchev–Trinajstić information content (AvgIpc) is 3.19. The monoisotopic (exact) mass is 252 g/mol. The summed E-state index contributed by atoms with van der Waals surface area (Å²) in [5.41, 5.74) is 0.731. The van der Waals surface area contributed by atoms with E-state index in [0.29, 0.717) is 19.7 Å². The zero-order chi connectivity index (χ0) is 13.0. The minimum absolute atomic E-state index is 0.0760. The van der Waals surface area contributed by atoms with Gasteiger partial charge in [0.2, 0.25) is 5.91 Å². The Hall–Kier alpha value is -1.52. The second-order valence-corrected chi connectivity index (χ2v) is 4.81. The van der Waals surface area contributed by atoms with E-state index in [1.807, 2.05) is 6.92 Å². The lowest BCUT2D eigenvalue weighted by Gasteiger charge is -2.18. The van der Waals surface area contributed by atoms with Crippen LogP contribution in [0.4, 0.5) is 0 Å². The average molecular weight is 252 g/mol. The third-order valence-corrected chi connectivity index (χ3v) is 3.25. The number of hydrogen-bond donors (Lipinski definition) is 2. The van der Waals surface area contributed by atoms with E-state index in [1.54, 1.807) is 0 Å². The fraction of sp³-hybridized carbons (Fsp3) is 0.692. The van der Waals surface area contributed by atoms with Gasteiger partial charge in [0.1, 0.15) is 5.76 Å². The van der Waals surface area contributed by atoms with Crippen molar-refractivity contribution in [3.8, 4) is 0 Å². The molecule has 18 heavy (non-hydrogen) atoms. The highest BCUT2D eigenvalue weighted by atomic mass is 16.5. The molecule has 1 saturated carbocycles. The Morgan fingerprint density at radius 3 is 2.67 bits per heavy atom. The first-order valence-electron chi connectivity index (χ1n) is 6.57. The highest BCUT2D eigenvalue weighted by molar-refractivity contribution is 5.93. The molecule has 0 spiro atoms. The van der Waals surface area contributed by atoms with Gasteiger partial charge >= 0.3 is 0 Å². The second kappa shape index (κ2) is 5.89. The maximum absolute atomic E-state index is 11.8. The third-order valence-electron chi connectivity index (χ3n) is 3.25. The molecule has 2 N–H and O–H groups in total. The number of rotatable bonds is 5. The standard InChI is InChI=1S/C13H20N2O3/c1-9-11(3-2-8-18-9)13(17)15-7-6-14-12(16)10-4-5-10/h10H,2-8H2,1H3,(H,14,16)(H,15,17). The summed E-state index contributed by atoms with van der Waals surface area (Å²) in [6.07, 6.45) is 3.66. The van der Waals surface area contributed by atoms with Gasteiger partial charge in [0, 0.05) is 19.0 Å². The van der Waals surface area contributed by atoms with E-state index in [9.17, 15) is 9.59 Å². The first-order chi connectivity index (χ1) is 8.68. The number of hydrogen-bond acceptors (Lipinski definition) is 3. The molecule has 1 heterocycles. The van der Waals surface area contributed by atoms with E-state index < -0.39 is 0 Å². The van der Waals surface area contributed by atoms with Crippen molar-refractivity contribution in [1.82, 2.24) is 10.6 Å². The molecule has 0 saturated heterocycles. The van der Waals surface area contributed by atoms with Gasteiger partial charge in [-0.3, -0.25) is 9.59 Å². The number of nitrogens with one attached hydrogen (secondary N) is 2. The Morgan fingerprint density at radius 1 is 1.28 bits per heavy atom. The molecule has 1 aliphatic heterocycles. The van der Waals surface area contributed by atoms with Gasteiger partial charge < -0.3 is 15.4 Å². The van der Waals surface area contributed by atoms with Gasteiger partial charge in [-0.05, 0) is 32.6 Å². The van der Waals surface area contributed by atoms with E-state index >= 15 is 0 Å². The lowest BCUT2D eigenvalue weighted by molar-refractivity contribution is -0.122. The lowest BCUT2D eigenvalue weighted by atomic mass is 10.1. The van der Waals surface area contributed by atoms with Crippen LogP contribution in [0.2, 0.25) is 0 Å². The summed E-state index contributed by atoms with van der Waals surface area (Å²) >= 11 is 0.